The van der Waals surface area contributed by atoms with E-state index in [1.165, 1.54) is 64.2 Å². The van der Waals surface area contributed by atoms with E-state index < -0.39 is 0 Å². The first-order valence-corrected chi connectivity index (χ1v) is 13.7. The van der Waals surface area contributed by atoms with Gasteiger partial charge < -0.3 is 6.42 Å². The molecule has 0 bridgehead atoms. The van der Waals surface area contributed by atoms with Crippen molar-refractivity contribution < 1.29 is 51.4 Å². The molecule has 0 spiro atoms. The van der Waals surface area contributed by atoms with Crippen molar-refractivity contribution in [3.63, 3.8) is 0 Å². The second-order valence-corrected chi connectivity index (χ2v) is 13.2. The first kappa shape index (κ1) is 29.6. The van der Waals surface area contributed by atoms with Crippen LogP contribution in [0.1, 0.15) is 120 Å². The Balaban J connectivity index is 0.00000181. The van der Waals surface area contributed by atoms with E-state index in [4.69, 9.17) is 0 Å². The molecule has 0 heterocycles. The van der Waals surface area contributed by atoms with Gasteiger partial charge in [0.05, 0.1) is 0 Å². The summed E-state index contributed by atoms with van der Waals surface area (Å²) in [6, 6.07) is 0. The molecule has 4 saturated carbocycles. The van der Waals surface area contributed by atoms with Crippen LogP contribution in [0.15, 0.2) is 12.2 Å². The summed E-state index contributed by atoms with van der Waals surface area (Å²) in [5.41, 5.74) is 1.77. The van der Waals surface area contributed by atoms with Crippen LogP contribution in [0.3, 0.4) is 0 Å². The number of allylic oxidation sites excluding steroid dienone is 2. The van der Waals surface area contributed by atoms with Crippen molar-refractivity contribution in [2.45, 2.75) is 120 Å². The van der Waals surface area contributed by atoms with Gasteiger partial charge in [-0.3, -0.25) is 0 Å². The first-order valence-electron chi connectivity index (χ1n) is 13.7. The van der Waals surface area contributed by atoms with Crippen molar-refractivity contribution >= 4 is 0 Å². The minimum absolute atomic E-state index is 0. The number of hydrogen-bond donors (Lipinski definition) is 0. The van der Waals surface area contributed by atoms with Crippen LogP contribution in [0.4, 0.5) is 0 Å². The molecule has 0 aromatic carbocycles. The van der Waals surface area contributed by atoms with Gasteiger partial charge in [-0.2, -0.15) is 12.8 Å². The fourth-order valence-corrected chi connectivity index (χ4v) is 9.53. The van der Waals surface area contributed by atoms with Crippen LogP contribution >= 0.6 is 0 Å². The fraction of sp³-hybridized carbons (Fsp3) is 0.903. The van der Waals surface area contributed by atoms with Gasteiger partial charge in [-0.25, -0.2) is 0 Å². The first-order chi connectivity index (χ1) is 14.2. The van der Waals surface area contributed by atoms with Gasteiger partial charge in [0.25, 0.3) is 0 Å². The minimum Gasteiger partial charge on any atom is -0.328 e. The average molecular weight is 467 g/mol. The van der Waals surface area contributed by atoms with Crippen LogP contribution < -0.4 is 51.4 Å². The largest absolute Gasteiger partial charge is 1.00 e. The van der Waals surface area contributed by atoms with Gasteiger partial charge in [0.15, 0.2) is 0 Å². The summed E-state index contributed by atoms with van der Waals surface area (Å²) >= 11 is 0. The third-order valence-corrected chi connectivity index (χ3v) is 11.8. The van der Waals surface area contributed by atoms with Crippen molar-refractivity contribution in [2.24, 2.45) is 57.7 Å². The number of fused-ring (bicyclic) bond motifs is 5. The number of rotatable bonds is 5. The molecular formula is C31H55K. The van der Waals surface area contributed by atoms with E-state index in [9.17, 15) is 0 Å². The molecule has 9 unspecified atom stereocenters. The Morgan fingerprint density at radius 3 is 2.28 bits per heavy atom. The SMILES string of the molecule is C.CCC(/C=C/C(C)C1CCC2C3CCC4(C)C[CH-]CCC4(C)C3CCC12C)C(C)C.[K+]. The predicted molar refractivity (Wildman–Crippen MR) is 138 cm³/mol. The van der Waals surface area contributed by atoms with Gasteiger partial charge >= 0.3 is 51.4 Å². The molecule has 4 rings (SSSR count). The van der Waals surface area contributed by atoms with E-state index in [1.54, 1.807) is 0 Å². The van der Waals surface area contributed by atoms with E-state index in [2.05, 4.69) is 67.0 Å². The molecule has 180 valence electrons. The normalized spacial score (nSPS) is 45.2. The number of hydrogen-bond acceptors (Lipinski definition) is 0. The van der Waals surface area contributed by atoms with Crippen LogP contribution in [-0.4, -0.2) is 0 Å². The zero-order valence-corrected chi connectivity index (χ0v) is 25.5. The summed E-state index contributed by atoms with van der Waals surface area (Å²) in [5, 5.41) is 0. The molecule has 9 atom stereocenters. The van der Waals surface area contributed by atoms with E-state index in [0.717, 1.165) is 41.4 Å². The van der Waals surface area contributed by atoms with Crippen molar-refractivity contribution in [1.82, 2.24) is 0 Å². The third kappa shape index (κ3) is 4.84. The van der Waals surface area contributed by atoms with Crippen LogP contribution in [-0.2, 0) is 0 Å². The topological polar surface area (TPSA) is 0 Å². The average Bonchev–Trinajstić information content (AvgIpc) is 3.05. The molecule has 0 amide bonds. The minimum atomic E-state index is 0. The smallest absolute Gasteiger partial charge is 0.328 e. The van der Waals surface area contributed by atoms with Gasteiger partial charge in [-0.1, -0.05) is 79.9 Å². The zero-order chi connectivity index (χ0) is 21.7. The Bertz CT molecular complexity index is 636. The van der Waals surface area contributed by atoms with Crippen LogP contribution in [0.2, 0.25) is 0 Å². The maximum atomic E-state index is 2.72. The molecule has 0 aliphatic heterocycles. The van der Waals surface area contributed by atoms with E-state index in [0.29, 0.717) is 16.2 Å². The predicted octanol–water partition coefficient (Wildman–Crippen LogP) is 6.75. The summed E-state index contributed by atoms with van der Waals surface area (Å²) in [6.45, 7) is 17.8. The molecule has 4 aliphatic rings. The Hall–Kier alpha value is 1.38. The van der Waals surface area contributed by atoms with Crippen LogP contribution in [0.5, 0.6) is 0 Å². The third-order valence-electron chi connectivity index (χ3n) is 11.8. The molecule has 0 aromatic rings. The Labute approximate surface area is 245 Å². The van der Waals surface area contributed by atoms with Crippen molar-refractivity contribution in [3.05, 3.63) is 18.6 Å². The standard InChI is InChI=1S/C30H51.CH4.K/c1-8-23(21(2)3)12-11-22(4)25-13-14-26-24-15-19-28(5)17-9-10-18-30(28,7)27(24)16-20-29(25,26)6;;/h9,11-12,21-27H,8,10,13-20H2,1-7H3;1H4;/q-1;;+1/b12-11+;;. The zero-order valence-electron chi connectivity index (χ0n) is 22.3. The molecule has 0 aromatic heterocycles. The molecular weight excluding hydrogens is 411 g/mol. The molecule has 0 nitrogen and oxygen atoms in total. The molecule has 4 fully saturated rings. The Morgan fingerprint density at radius 1 is 0.906 bits per heavy atom. The summed E-state index contributed by atoms with van der Waals surface area (Å²) in [7, 11) is 0. The van der Waals surface area contributed by atoms with Crippen molar-refractivity contribution in [2.75, 3.05) is 0 Å². The molecule has 32 heavy (non-hydrogen) atoms. The van der Waals surface area contributed by atoms with Gasteiger partial charge in [0, 0.05) is 0 Å². The maximum absolute atomic E-state index is 2.72. The van der Waals surface area contributed by atoms with Gasteiger partial charge in [-0.05, 0) is 97.2 Å². The monoisotopic (exact) mass is 466 g/mol. The second kappa shape index (κ2) is 11.2. The quantitative estimate of drug-likeness (QED) is 0.239. The van der Waals surface area contributed by atoms with Gasteiger partial charge in [-0.15, -0.1) is 0 Å². The second-order valence-electron chi connectivity index (χ2n) is 13.2. The van der Waals surface area contributed by atoms with Crippen LogP contribution in [0, 0.1) is 64.1 Å². The Kier molecular flexibility index (Phi) is 10.4. The van der Waals surface area contributed by atoms with E-state index in [-0.39, 0.29) is 58.8 Å². The van der Waals surface area contributed by atoms with Crippen molar-refractivity contribution in [1.29, 1.82) is 0 Å². The summed E-state index contributed by atoms with van der Waals surface area (Å²) < 4.78 is 0. The molecule has 0 radical (unpaired) electrons. The van der Waals surface area contributed by atoms with Crippen molar-refractivity contribution in [3.8, 4) is 0 Å². The molecule has 0 N–H and O–H groups in total. The molecule has 0 saturated heterocycles. The van der Waals surface area contributed by atoms with Gasteiger partial charge in [0.1, 0.15) is 0 Å². The fourth-order valence-electron chi connectivity index (χ4n) is 9.53. The van der Waals surface area contributed by atoms with E-state index >= 15 is 0 Å². The van der Waals surface area contributed by atoms with Gasteiger partial charge in [0.2, 0.25) is 0 Å². The Morgan fingerprint density at radius 2 is 1.62 bits per heavy atom. The summed E-state index contributed by atoms with van der Waals surface area (Å²) in [4.78, 5) is 0. The van der Waals surface area contributed by atoms with Crippen LogP contribution in [0.25, 0.3) is 0 Å². The molecule has 1 heteroatoms. The maximum Gasteiger partial charge on any atom is 1.00 e. The van der Waals surface area contributed by atoms with E-state index in [1.807, 2.05) is 0 Å². The summed E-state index contributed by atoms with van der Waals surface area (Å²) in [5.74, 6) is 6.19. The summed E-state index contributed by atoms with van der Waals surface area (Å²) in [6.07, 6.45) is 22.4. The molecule has 4 aliphatic carbocycles.